The topological polar surface area (TPSA) is 72.9 Å². The molecule has 2 aromatic carbocycles. The summed E-state index contributed by atoms with van der Waals surface area (Å²) in [6.45, 7) is 1.21. The number of benzene rings is 2. The Bertz CT molecular complexity index is 1130. The smallest absolute Gasteiger partial charge is 0.356 e. The molecule has 0 saturated carbocycles. The fraction of sp³-hybridized carbons (Fsp3) is 0.200. The van der Waals surface area contributed by atoms with Crippen LogP contribution in [-0.4, -0.2) is 40.5 Å². The van der Waals surface area contributed by atoms with Gasteiger partial charge >= 0.3 is 11.9 Å². The summed E-state index contributed by atoms with van der Waals surface area (Å²) in [7, 11) is 0. The molecule has 2 heterocycles. The van der Waals surface area contributed by atoms with Crippen molar-refractivity contribution in [2.75, 3.05) is 12.4 Å². The van der Waals surface area contributed by atoms with E-state index >= 15 is 0 Å². The molecule has 1 fully saturated rings. The first-order valence-corrected chi connectivity index (χ1v) is 12.1. The molecular formula is C25H20BrNO5S. The first-order chi connectivity index (χ1) is 16.0. The van der Waals surface area contributed by atoms with Gasteiger partial charge in [0.2, 0.25) is 0 Å². The Morgan fingerprint density at radius 1 is 1.15 bits per heavy atom. The molecule has 6 nitrogen and oxygen atoms in total. The van der Waals surface area contributed by atoms with Gasteiger partial charge in [0.15, 0.2) is 6.10 Å². The van der Waals surface area contributed by atoms with E-state index in [1.165, 1.54) is 28.6 Å². The van der Waals surface area contributed by atoms with Crippen LogP contribution in [0, 0.1) is 0 Å². The van der Waals surface area contributed by atoms with E-state index in [-0.39, 0.29) is 23.6 Å². The lowest BCUT2D eigenvalue weighted by Gasteiger charge is -2.45. The Balaban J connectivity index is 1.71. The zero-order chi connectivity index (χ0) is 23.4. The van der Waals surface area contributed by atoms with Crippen molar-refractivity contribution in [1.29, 1.82) is 0 Å². The predicted octanol–water partition coefficient (Wildman–Crippen LogP) is 4.49. The summed E-state index contributed by atoms with van der Waals surface area (Å²) in [5, 5.41) is -0.346. The van der Waals surface area contributed by atoms with Crippen LogP contribution in [0.4, 0.5) is 0 Å². The molecule has 1 atom stereocenters. The molecule has 0 unspecified atom stereocenters. The first-order valence-electron chi connectivity index (χ1n) is 10.2. The van der Waals surface area contributed by atoms with E-state index in [0.29, 0.717) is 16.9 Å². The third kappa shape index (κ3) is 4.83. The quantitative estimate of drug-likeness (QED) is 0.239. The summed E-state index contributed by atoms with van der Waals surface area (Å²) in [5.41, 5.74) is 5.62. The largest absolute Gasteiger partial charge is 0.461 e. The van der Waals surface area contributed by atoms with E-state index in [2.05, 4.69) is 21.7 Å². The predicted molar refractivity (Wildman–Crippen MR) is 128 cm³/mol. The monoisotopic (exact) mass is 525 g/mol. The van der Waals surface area contributed by atoms with Crippen LogP contribution in [0.5, 0.6) is 0 Å². The zero-order valence-electron chi connectivity index (χ0n) is 17.7. The second-order valence-corrected chi connectivity index (χ2v) is 8.87. The van der Waals surface area contributed by atoms with Crippen LogP contribution >= 0.6 is 27.7 Å². The summed E-state index contributed by atoms with van der Waals surface area (Å²) in [5.74, 6) is -1.02. The molecule has 1 amide bonds. The highest BCUT2D eigenvalue weighted by Crippen LogP contribution is 2.44. The van der Waals surface area contributed by atoms with Crippen molar-refractivity contribution >= 4 is 45.5 Å². The van der Waals surface area contributed by atoms with Gasteiger partial charge in [0.05, 0.1) is 5.57 Å². The number of fused-ring (bicyclic) bond motifs is 1. The molecule has 2 aliphatic heterocycles. The average Bonchev–Trinajstić information content (AvgIpc) is 2.84. The van der Waals surface area contributed by atoms with Crippen LogP contribution in [0.1, 0.15) is 24.2 Å². The molecule has 0 bridgehead atoms. The Morgan fingerprint density at radius 3 is 2.30 bits per heavy atom. The Labute approximate surface area is 204 Å². The van der Waals surface area contributed by atoms with Crippen LogP contribution in [0.25, 0.3) is 0 Å². The normalized spacial score (nSPS) is 17.2. The number of carbonyl (C=O) groups is 3. The van der Waals surface area contributed by atoms with Gasteiger partial charge in [-0.3, -0.25) is 14.5 Å². The van der Waals surface area contributed by atoms with Crippen LogP contribution in [0.15, 0.2) is 88.2 Å². The highest BCUT2D eigenvalue weighted by Gasteiger charge is 2.50. The summed E-state index contributed by atoms with van der Waals surface area (Å²) >= 11 is 4.62. The fourth-order valence-corrected chi connectivity index (χ4v) is 5.19. The van der Waals surface area contributed by atoms with Gasteiger partial charge in [-0.15, -0.1) is 17.5 Å². The number of hydrogen-bond acceptors (Lipinski definition) is 6. The summed E-state index contributed by atoms with van der Waals surface area (Å²) in [6, 6.07) is 18.8. The third-order valence-electron chi connectivity index (χ3n) is 5.20. The molecule has 2 aliphatic rings. The van der Waals surface area contributed by atoms with Gasteiger partial charge in [-0.25, -0.2) is 4.79 Å². The van der Waals surface area contributed by atoms with Crippen LogP contribution in [0.2, 0.25) is 0 Å². The minimum absolute atomic E-state index is 0.0854. The van der Waals surface area contributed by atoms with Crippen molar-refractivity contribution in [2.45, 2.75) is 18.4 Å². The fourth-order valence-electron chi connectivity index (χ4n) is 3.68. The molecule has 0 N–H and O–H groups in total. The van der Waals surface area contributed by atoms with Crippen LogP contribution < -0.4 is 0 Å². The molecule has 4 rings (SSSR count). The van der Waals surface area contributed by atoms with Gasteiger partial charge in [-0.05, 0) is 11.1 Å². The number of amides is 1. The zero-order valence-corrected chi connectivity index (χ0v) is 20.1. The van der Waals surface area contributed by atoms with Crippen molar-refractivity contribution in [3.63, 3.8) is 0 Å². The Morgan fingerprint density at radius 2 is 1.76 bits per heavy atom. The number of carbonyl (C=O) groups excluding carboxylic acids is 3. The molecule has 0 aromatic heterocycles. The van der Waals surface area contributed by atoms with E-state index in [0.717, 1.165) is 11.1 Å². The second kappa shape index (κ2) is 10.3. The van der Waals surface area contributed by atoms with Gasteiger partial charge in [-0.1, -0.05) is 76.6 Å². The van der Waals surface area contributed by atoms with E-state index < -0.39 is 18.0 Å². The van der Waals surface area contributed by atoms with Crippen molar-refractivity contribution < 1.29 is 23.9 Å². The number of ether oxygens (including phenoxy) is 2. The first kappa shape index (κ1) is 23.1. The van der Waals surface area contributed by atoms with E-state index in [1.807, 2.05) is 60.7 Å². The van der Waals surface area contributed by atoms with E-state index in [1.54, 1.807) is 0 Å². The maximum atomic E-state index is 13.5. The third-order valence-corrected chi connectivity index (χ3v) is 6.71. The van der Waals surface area contributed by atoms with E-state index in [4.69, 9.17) is 9.47 Å². The molecule has 2 aromatic rings. The highest BCUT2D eigenvalue weighted by molar-refractivity contribution is 9.11. The van der Waals surface area contributed by atoms with Crippen LogP contribution in [-0.2, 0) is 23.9 Å². The number of β-lactam (4-membered cyclic amide) rings is 1. The standard InChI is InChI=1S/C25H20BrNO5S/c1-16(28)31-14-19-15-33-24-20(12-13-26)23(29)27(24)21(19)25(30)32-22(17-8-4-2-5-9-17)18-10-6-3-7-11-18/h2-11,13,22,24H,14-15H2,1H3/t12?,24-/m1/s1. The number of rotatable bonds is 6. The Hall–Kier alpha value is -3.06. The molecule has 0 aliphatic carbocycles. The SMILES string of the molecule is CC(=O)OCC1=C(C(=O)OC(c2ccccc2)c2ccccc2)N2C(=O)C(=C=CBr)[C@H]2SC1. The van der Waals surface area contributed by atoms with Crippen molar-refractivity contribution in [3.8, 4) is 0 Å². The maximum absolute atomic E-state index is 13.5. The number of thioether (sulfide) groups is 1. The minimum atomic E-state index is -0.663. The van der Waals surface area contributed by atoms with E-state index in [9.17, 15) is 14.4 Å². The van der Waals surface area contributed by atoms with Crippen molar-refractivity contribution in [2.24, 2.45) is 0 Å². The van der Waals surface area contributed by atoms with Crippen molar-refractivity contribution in [1.82, 2.24) is 4.90 Å². The van der Waals surface area contributed by atoms with Gasteiger partial charge in [0.1, 0.15) is 17.7 Å². The molecule has 0 radical (unpaired) electrons. The van der Waals surface area contributed by atoms with Gasteiger partial charge in [0.25, 0.3) is 5.91 Å². The van der Waals surface area contributed by atoms with Gasteiger partial charge in [-0.2, -0.15) is 0 Å². The number of esters is 2. The Kier molecular flexibility index (Phi) is 7.18. The molecular weight excluding hydrogens is 506 g/mol. The summed E-state index contributed by atoms with van der Waals surface area (Å²) in [6.07, 6.45) is -0.663. The maximum Gasteiger partial charge on any atom is 0.356 e. The number of halogens is 1. The number of hydrogen-bond donors (Lipinski definition) is 0. The molecule has 8 heteroatoms. The molecule has 1 saturated heterocycles. The molecule has 168 valence electrons. The lowest BCUT2D eigenvalue weighted by molar-refractivity contribution is -0.149. The van der Waals surface area contributed by atoms with Crippen LogP contribution in [0.3, 0.4) is 0 Å². The number of nitrogens with zero attached hydrogens (tertiary/aromatic N) is 1. The second-order valence-electron chi connectivity index (χ2n) is 7.34. The lowest BCUT2D eigenvalue weighted by atomic mass is 10.0. The molecule has 0 spiro atoms. The lowest BCUT2D eigenvalue weighted by Crippen LogP contribution is -2.56. The summed E-state index contributed by atoms with van der Waals surface area (Å²) in [4.78, 5) is 40.7. The minimum Gasteiger partial charge on any atom is -0.461 e. The summed E-state index contributed by atoms with van der Waals surface area (Å²) < 4.78 is 11.2. The highest BCUT2D eigenvalue weighted by atomic mass is 79.9. The van der Waals surface area contributed by atoms with Gasteiger partial charge in [0, 0.05) is 23.2 Å². The van der Waals surface area contributed by atoms with Gasteiger partial charge < -0.3 is 9.47 Å². The average molecular weight is 526 g/mol. The van der Waals surface area contributed by atoms with Crippen molar-refractivity contribution in [3.05, 3.63) is 99.4 Å². The molecule has 33 heavy (non-hydrogen) atoms.